The zero-order valence-corrected chi connectivity index (χ0v) is 29.6. The van der Waals surface area contributed by atoms with Crippen molar-refractivity contribution in [2.75, 3.05) is 27.2 Å². The Balaban J connectivity index is 0.916. The third kappa shape index (κ3) is 4.97. The Morgan fingerprint density at radius 3 is 1.94 bits per heavy atom. The van der Waals surface area contributed by atoms with E-state index in [1.54, 1.807) is 23.4 Å². The minimum absolute atomic E-state index is 0.161. The van der Waals surface area contributed by atoms with Crippen LogP contribution >= 0.6 is 0 Å². The van der Waals surface area contributed by atoms with Crippen molar-refractivity contribution in [2.24, 2.45) is 0 Å². The maximum atomic E-state index is 13.8. The van der Waals surface area contributed by atoms with Gasteiger partial charge in [0.25, 0.3) is 0 Å². The lowest BCUT2D eigenvalue weighted by Crippen LogP contribution is -2.28. The van der Waals surface area contributed by atoms with Gasteiger partial charge in [-0.25, -0.2) is 4.39 Å². The average molecular weight is 664 g/mol. The number of benzene rings is 3. The number of aromatic nitrogens is 3. The SMILES string of the molecule is Cc1cc2c3c(c1)c1c(n3CC(c3ccc(CCc4cc5c6c(c4)c4c(n6CC(c6ccc(F)cc6)C5)CCN(C)C4)nc3)C2)CCN(C)C1. The van der Waals surface area contributed by atoms with Gasteiger partial charge >= 0.3 is 0 Å². The van der Waals surface area contributed by atoms with E-state index in [1.165, 1.54) is 72.1 Å². The van der Waals surface area contributed by atoms with Gasteiger partial charge in [-0.05, 0) is 116 Å². The second-order valence-corrected chi connectivity index (χ2v) is 16.0. The lowest BCUT2D eigenvalue weighted by Gasteiger charge is -2.29. The molecule has 0 bridgehead atoms. The molecule has 4 aliphatic rings. The van der Waals surface area contributed by atoms with Crippen LogP contribution in [0, 0.1) is 12.7 Å². The Morgan fingerprint density at radius 2 is 1.30 bits per heavy atom. The van der Waals surface area contributed by atoms with E-state index < -0.39 is 0 Å². The number of aryl methyl sites for hydroxylation is 3. The van der Waals surface area contributed by atoms with Crippen LogP contribution in [0.5, 0.6) is 0 Å². The summed E-state index contributed by atoms with van der Waals surface area (Å²) in [5.74, 6) is 0.645. The Morgan fingerprint density at radius 1 is 0.700 bits per heavy atom. The Hall–Kier alpha value is -4.26. The first-order valence-corrected chi connectivity index (χ1v) is 18.7. The summed E-state index contributed by atoms with van der Waals surface area (Å²) in [5, 5.41) is 2.93. The molecular formula is C44H46FN5. The maximum absolute atomic E-state index is 13.8. The average Bonchev–Trinajstić information content (AvgIpc) is 3.60. The van der Waals surface area contributed by atoms with Crippen molar-refractivity contribution in [1.82, 2.24) is 23.9 Å². The van der Waals surface area contributed by atoms with Crippen LogP contribution in [0.3, 0.4) is 0 Å². The number of hydrogen-bond donors (Lipinski definition) is 0. The Bertz CT molecular complexity index is 2290. The van der Waals surface area contributed by atoms with Gasteiger partial charge in [-0.15, -0.1) is 0 Å². The zero-order chi connectivity index (χ0) is 33.7. The molecule has 4 aliphatic heterocycles. The largest absolute Gasteiger partial charge is 0.343 e. The molecule has 0 N–H and O–H groups in total. The molecule has 5 nitrogen and oxygen atoms in total. The van der Waals surface area contributed by atoms with E-state index in [0.29, 0.717) is 11.8 Å². The molecule has 0 aliphatic carbocycles. The molecule has 2 unspecified atom stereocenters. The Labute approximate surface area is 294 Å². The molecule has 3 aromatic heterocycles. The number of pyridine rings is 1. The molecule has 0 saturated heterocycles. The van der Waals surface area contributed by atoms with Crippen molar-refractivity contribution in [3.63, 3.8) is 0 Å². The molecule has 0 saturated carbocycles. The van der Waals surface area contributed by atoms with Crippen LogP contribution in [-0.2, 0) is 64.7 Å². The molecule has 0 amide bonds. The summed E-state index contributed by atoms with van der Waals surface area (Å²) in [7, 11) is 4.49. The van der Waals surface area contributed by atoms with Crippen molar-refractivity contribution in [2.45, 2.75) is 83.5 Å². The molecule has 10 rings (SSSR count). The van der Waals surface area contributed by atoms with E-state index in [1.807, 2.05) is 12.1 Å². The first kappa shape index (κ1) is 30.6. The van der Waals surface area contributed by atoms with Gasteiger partial charge in [0.05, 0.1) is 11.0 Å². The van der Waals surface area contributed by atoms with Crippen LogP contribution in [-0.4, -0.2) is 51.1 Å². The van der Waals surface area contributed by atoms with Gasteiger partial charge in [0.1, 0.15) is 5.82 Å². The molecule has 2 atom stereocenters. The third-order valence-corrected chi connectivity index (χ3v) is 12.5. The molecule has 7 heterocycles. The van der Waals surface area contributed by atoms with Crippen molar-refractivity contribution in [1.29, 1.82) is 0 Å². The Kier molecular flexibility index (Phi) is 7.12. The number of fused-ring (bicyclic) bond motifs is 6. The summed E-state index contributed by atoms with van der Waals surface area (Å²) in [6, 6.07) is 21.7. The molecule has 254 valence electrons. The fourth-order valence-electron chi connectivity index (χ4n) is 10.1. The van der Waals surface area contributed by atoms with E-state index in [0.717, 1.165) is 77.8 Å². The highest BCUT2D eigenvalue weighted by molar-refractivity contribution is 5.91. The van der Waals surface area contributed by atoms with Crippen molar-refractivity contribution in [3.8, 4) is 0 Å². The molecule has 0 radical (unpaired) electrons. The molecule has 6 aromatic rings. The smallest absolute Gasteiger partial charge is 0.123 e. The van der Waals surface area contributed by atoms with Crippen LogP contribution in [0.2, 0.25) is 0 Å². The summed E-state index contributed by atoms with van der Waals surface area (Å²) in [6.45, 7) is 8.57. The second-order valence-electron chi connectivity index (χ2n) is 16.0. The van der Waals surface area contributed by atoms with Crippen molar-refractivity contribution >= 4 is 21.8 Å². The number of hydrogen-bond acceptors (Lipinski definition) is 3. The monoisotopic (exact) mass is 663 g/mol. The van der Waals surface area contributed by atoms with Crippen LogP contribution in [0.1, 0.15) is 73.4 Å². The van der Waals surface area contributed by atoms with E-state index in [-0.39, 0.29) is 5.82 Å². The molecule has 6 heteroatoms. The number of likely N-dealkylation sites (N-methyl/N-ethyl adjacent to an activating group) is 2. The van der Waals surface area contributed by atoms with E-state index in [2.05, 4.69) is 82.5 Å². The second kappa shape index (κ2) is 11.6. The van der Waals surface area contributed by atoms with Crippen LogP contribution in [0.25, 0.3) is 21.8 Å². The van der Waals surface area contributed by atoms with Gasteiger partial charge in [-0.2, -0.15) is 0 Å². The highest BCUT2D eigenvalue weighted by Gasteiger charge is 2.32. The normalized spacial score (nSPS) is 20.4. The molecule has 50 heavy (non-hydrogen) atoms. The summed E-state index contributed by atoms with van der Waals surface area (Å²) in [4.78, 5) is 10.00. The third-order valence-electron chi connectivity index (χ3n) is 12.5. The van der Waals surface area contributed by atoms with Crippen molar-refractivity contribution < 1.29 is 4.39 Å². The highest BCUT2D eigenvalue weighted by Crippen LogP contribution is 2.42. The van der Waals surface area contributed by atoms with Gasteiger partial charge in [0, 0.05) is 98.0 Å². The van der Waals surface area contributed by atoms with E-state index >= 15 is 0 Å². The maximum Gasteiger partial charge on any atom is 0.123 e. The van der Waals surface area contributed by atoms with E-state index in [9.17, 15) is 4.39 Å². The highest BCUT2D eigenvalue weighted by atomic mass is 19.1. The standard InChI is InChI=1S/C44H46FN5/c1-27-16-31-20-34(24-50-41-12-14-47(2)25-39(41)37(17-27)43(31)50)30-7-11-36(46-22-30)10-4-28-18-32-21-33(29-5-8-35(45)9-6-29)23-49-42-13-15-48(3)26-40(42)38(19-28)44(32)49/h5-9,11,16-19,22,33-34H,4,10,12-15,20-21,23-26H2,1-3H3. The molecular weight excluding hydrogens is 618 g/mol. The first-order valence-electron chi connectivity index (χ1n) is 18.7. The van der Waals surface area contributed by atoms with Gasteiger partial charge in [-0.1, -0.05) is 35.9 Å². The zero-order valence-electron chi connectivity index (χ0n) is 29.6. The topological polar surface area (TPSA) is 29.2 Å². The lowest BCUT2D eigenvalue weighted by molar-refractivity contribution is 0.308. The number of halogens is 1. The minimum Gasteiger partial charge on any atom is -0.343 e. The van der Waals surface area contributed by atoms with Crippen molar-refractivity contribution in [3.05, 3.63) is 134 Å². The minimum atomic E-state index is -0.161. The molecule has 0 spiro atoms. The van der Waals surface area contributed by atoms with Crippen LogP contribution in [0.15, 0.2) is 66.9 Å². The lowest BCUT2D eigenvalue weighted by atomic mass is 9.87. The number of rotatable bonds is 5. The molecule has 0 fully saturated rings. The summed E-state index contributed by atoms with van der Waals surface area (Å²) in [6.07, 6.45) is 8.38. The predicted octanol–water partition coefficient (Wildman–Crippen LogP) is 7.88. The summed E-state index contributed by atoms with van der Waals surface area (Å²) < 4.78 is 19.1. The molecule has 3 aromatic carbocycles. The van der Waals surface area contributed by atoms with Gasteiger partial charge < -0.3 is 18.9 Å². The van der Waals surface area contributed by atoms with Gasteiger partial charge in [0.2, 0.25) is 0 Å². The summed E-state index contributed by atoms with van der Waals surface area (Å²) in [5.41, 5.74) is 18.5. The number of nitrogens with zero attached hydrogens (tertiary/aromatic N) is 5. The van der Waals surface area contributed by atoms with Gasteiger partial charge in [0.15, 0.2) is 0 Å². The fourth-order valence-corrected chi connectivity index (χ4v) is 10.1. The predicted molar refractivity (Wildman–Crippen MR) is 200 cm³/mol. The fraction of sp³-hybridized carbons (Fsp3) is 0.386. The first-order chi connectivity index (χ1) is 24.4. The van der Waals surface area contributed by atoms with Crippen LogP contribution < -0.4 is 0 Å². The van der Waals surface area contributed by atoms with E-state index in [4.69, 9.17) is 4.98 Å². The van der Waals surface area contributed by atoms with Gasteiger partial charge in [-0.3, -0.25) is 4.98 Å². The van der Waals surface area contributed by atoms with Crippen LogP contribution in [0.4, 0.5) is 4.39 Å². The summed E-state index contributed by atoms with van der Waals surface area (Å²) >= 11 is 0. The quantitative estimate of drug-likeness (QED) is 0.188.